The number of halogens is 3. The van der Waals surface area contributed by atoms with Gasteiger partial charge in [0.15, 0.2) is 0 Å². The van der Waals surface area contributed by atoms with Gasteiger partial charge in [-0.2, -0.15) is 18.3 Å². The summed E-state index contributed by atoms with van der Waals surface area (Å²) >= 11 is 0. The van der Waals surface area contributed by atoms with E-state index in [0.717, 1.165) is 49.2 Å². The van der Waals surface area contributed by atoms with Crippen LogP contribution in [0.1, 0.15) is 71.6 Å². The Bertz CT molecular complexity index is 1280. The molecule has 11 heteroatoms. The lowest BCUT2D eigenvalue weighted by Crippen LogP contribution is -2.27. The van der Waals surface area contributed by atoms with Crippen molar-refractivity contribution in [3.05, 3.63) is 71.2 Å². The molecular formula is C28H32F3N5O3. The number of benzene rings is 1. The second-order valence-corrected chi connectivity index (χ2v) is 9.75. The molecular weight excluding hydrogens is 511 g/mol. The highest BCUT2D eigenvalue weighted by Crippen LogP contribution is 2.38. The summed E-state index contributed by atoms with van der Waals surface area (Å²) in [5, 5.41) is 10.1. The molecule has 1 unspecified atom stereocenters. The van der Waals surface area contributed by atoms with Crippen LogP contribution in [0.2, 0.25) is 0 Å². The monoisotopic (exact) mass is 543 g/mol. The molecule has 1 aromatic carbocycles. The zero-order valence-electron chi connectivity index (χ0n) is 21.9. The van der Waals surface area contributed by atoms with Gasteiger partial charge in [0.05, 0.1) is 42.6 Å². The first-order chi connectivity index (χ1) is 18.7. The van der Waals surface area contributed by atoms with E-state index in [2.05, 4.69) is 25.5 Å². The van der Waals surface area contributed by atoms with E-state index in [1.54, 1.807) is 18.2 Å². The molecule has 0 aliphatic heterocycles. The number of rotatable bonds is 9. The minimum Gasteiger partial charge on any atom is -0.469 e. The molecule has 1 aliphatic carbocycles. The molecule has 8 nitrogen and oxygen atoms in total. The third-order valence-electron chi connectivity index (χ3n) is 7.06. The Kier molecular flexibility index (Phi) is 8.88. The minimum atomic E-state index is -4.45. The van der Waals surface area contributed by atoms with Crippen molar-refractivity contribution in [1.82, 2.24) is 20.1 Å². The number of aromatic nitrogens is 3. The van der Waals surface area contributed by atoms with Crippen LogP contribution in [0.3, 0.4) is 0 Å². The van der Waals surface area contributed by atoms with Crippen LogP contribution in [0, 0.1) is 12.8 Å². The zero-order valence-corrected chi connectivity index (χ0v) is 21.9. The maximum Gasteiger partial charge on any atom is 0.419 e. The summed E-state index contributed by atoms with van der Waals surface area (Å²) in [7, 11) is 1.29. The number of esters is 1. The molecule has 2 aromatic heterocycles. The van der Waals surface area contributed by atoms with Gasteiger partial charge in [-0.3, -0.25) is 9.59 Å². The number of carbonyl (C=O) groups is 2. The molecule has 2 N–H and O–H groups in total. The molecule has 3 aromatic rings. The largest absolute Gasteiger partial charge is 0.469 e. The van der Waals surface area contributed by atoms with E-state index in [1.165, 1.54) is 24.4 Å². The molecule has 2 heterocycles. The van der Waals surface area contributed by atoms with Gasteiger partial charge in [0.2, 0.25) is 0 Å². The maximum atomic E-state index is 13.0. The first-order valence-corrected chi connectivity index (χ1v) is 13.0. The van der Waals surface area contributed by atoms with Crippen LogP contribution in [0.15, 0.2) is 48.9 Å². The first-order valence-electron chi connectivity index (χ1n) is 13.0. The standard InChI is InChI=1S/C28H32F3N5O3/c1-18-14-22(36-17-21(16-34-36)28(29,30)31)9-10-23(18)26(19-6-4-3-5-7-19)35-24-11-8-20(15-33-24)27(38)32-13-12-25(37)39-2/h8-11,14-17,19,26H,3-7,12-13H2,1-2H3,(H,32,38)(H,33,35). The highest BCUT2D eigenvalue weighted by atomic mass is 19.4. The molecule has 0 spiro atoms. The molecule has 0 saturated heterocycles. The van der Waals surface area contributed by atoms with Gasteiger partial charge < -0.3 is 15.4 Å². The number of nitrogens with one attached hydrogen (secondary N) is 2. The van der Waals surface area contributed by atoms with E-state index in [9.17, 15) is 22.8 Å². The fourth-order valence-corrected chi connectivity index (χ4v) is 4.93. The summed E-state index contributed by atoms with van der Waals surface area (Å²) in [4.78, 5) is 28.1. The van der Waals surface area contributed by atoms with Crippen LogP contribution >= 0.6 is 0 Å². The van der Waals surface area contributed by atoms with Gasteiger partial charge in [-0.1, -0.05) is 25.3 Å². The Morgan fingerprint density at radius 2 is 1.90 bits per heavy atom. The quantitative estimate of drug-likeness (QED) is 0.340. The van der Waals surface area contributed by atoms with Crippen molar-refractivity contribution in [2.75, 3.05) is 19.0 Å². The van der Waals surface area contributed by atoms with E-state index in [-0.39, 0.29) is 24.9 Å². The van der Waals surface area contributed by atoms with Crippen LogP contribution in [-0.4, -0.2) is 40.3 Å². The Labute approximate surface area is 225 Å². The lowest BCUT2D eigenvalue weighted by atomic mass is 9.80. The van der Waals surface area contributed by atoms with Crippen molar-refractivity contribution in [3.8, 4) is 5.69 Å². The predicted octanol–water partition coefficient (Wildman–Crippen LogP) is 5.62. The number of nitrogens with zero attached hydrogens (tertiary/aromatic N) is 3. The van der Waals surface area contributed by atoms with Crippen molar-refractivity contribution in [2.24, 2.45) is 5.92 Å². The average molecular weight is 544 g/mol. The van der Waals surface area contributed by atoms with Crippen LogP contribution in [0.4, 0.5) is 19.0 Å². The third-order valence-corrected chi connectivity index (χ3v) is 7.06. The van der Waals surface area contributed by atoms with Gasteiger partial charge in [-0.15, -0.1) is 0 Å². The number of alkyl halides is 3. The van der Waals surface area contributed by atoms with Crippen LogP contribution < -0.4 is 10.6 Å². The molecule has 0 radical (unpaired) electrons. The van der Waals surface area contributed by atoms with Crippen molar-refractivity contribution in [1.29, 1.82) is 0 Å². The Balaban J connectivity index is 1.51. The average Bonchev–Trinajstić information content (AvgIpc) is 3.44. The molecule has 1 atom stereocenters. The highest BCUT2D eigenvalue weighted by Gasteiger charge is 2.32. The van der Waals surface area contributed by atoms with E-state index in [4.69, 9.17) is 0 Å². The number of anilines is 1. The van der Waals surface area contributed by atoms with Gasteiger partial charge in [0, 0.05) is 18.9 Å². The van der Waals surface area contributed by atoms with Crippen molar-refractivity contribution >= 4 is 17.7 Å². The van der Waals surface area contributed by atoms with Crippen LogP contribution in [-0.2, 0) is 15.7 Å². The number of ether oxygens (including phenoxy) is 1. The topological polar surface area (TPSA) is 98.1 Å². The van der Waals surface area contributed by atoms with Crippen molar-refractivity contribution < 1.29 is 27.5 Å². The summed E-state index contributed by atoms with van der Waals surface area (Å²) in [5.41, 5.74) is 2.10. The van der Waals surface area contributed by atoms with Gasteiger partial charge in [-0.05, 0) is 61.1 Å². The first kappa shape index (κ1) is 28.1. The van der Waals surface area contributed by atoms with Gasteiger partial charge in [0.25, 0.3) is 5.91 Å². The Hall–Kier alpha value is -3.89. The number of pyridine rings is 1. The highest BCUT2D eigenvalue weighted by molar-refractivity contribution is 5.94. The van der Waals surface area contributed by atoms with Crippen molar-refractivity contribution in [2.45, 2.75) is 57.7 Å². The normalized spacial score (nSPS) is 15.0. The zero-order chi connectivity index (χ0) is 28.0. The SMILES string of the molecule is COC(=O)CCNC(=O)c1ccc(NC(c2ccc(-n3cc(C(F)(F)F)cn3)cc2C)C2CCCCC2)nc1. The second kappa shape index (κ2) is 12.3. The van der Waals surface area contributed by atoms with Gasteiger partial charge in [0.1, 0.15) is 5.82 Å². The number of carbonyl (C=O) groups excluding carboxylic acids is 2. The molecule has 208 valence electrons. The number of amides is 1. The van der Waals surface area contributed by atoms with E-state index < -0.39 is 17.7 Å². The predicted molar refractivity (Wildman–Crippen MR) is 139 cm³/mol. The maximum absolute atomic E-state index is 13.0. The smallest absolute Gasteiger partial charge is 0.419 e. The van der Waals surface area contributed by atoms with Gasteiger partial charge in [-0.25, -0.2) is 9.67 Å². The van der Waals surface area contributed by atoms with Crippen LogP contribution in [0.25, 0.3) is 5.69 Å². The van der Waals surface area contributed by atoms with E-state index in [0.29, 0.717) is 23.0 Å². The molecule has 1 amide bonds. The number of methoxy groups -OCH3 is 1. The fourth-order valence-electron chi connectivity index (χ4n) is 4.93. The second-order valence-electron chi connectivity index (χ2n) is 9.75. The molecule has 0 bridgehead atoms. The summed E-state index contributed by atoms with van der Waals surface area (Å²) in [6, 6.07) is 8.92. The summed E-state index contributed by atoms with van der Waals surface area (Å²) in [6.45, 7) is 2.11. The Morgan fingerprint density at radius 1 is 1.13 bits per heavy atom. The summed E-state index contributed by atoms with van der Waals surface area (Å²) in [5.74, 6) is 0.233. The summed E-state index contributed by atoms with van der Waals surface area (Å²) in [6.07, 6.45) is 4.49. The number of hydrogen-bond donors (Lipinski definition) is 2. The molecule has 1 saturated carbocycles. The van der Waals surface area contributed by atoms with Gasteiger partial charge >= 0.3 is 12.1 Å². The fraction of sp³-hybridized carbons (Fsp3) is 0.429. The molecule has 39 heavy (non-hydrogen) atoms. The summed E-state index contributed by atoms with van der Waals surface area (Å²) < 4.78 is 44.9. The molecule has 1 fully saturated rings. The number of hydrogen-bond acceptors (Lipinski definition) is 6. The Morgan fingerprint density at radius 3 is 2.51 bits per heavy atom. The molecule has 1 aliphatic rings. The van der Waals surface area contributed by atoms with Crippen LogP contribution in [0.5, 0.6) is 0 Å². The minimum absolute atomic E-state index is 0.0602. The lowest BCUT2D eigenvalue weighted by Gasteiger charge is -2.33. The number of aryl methyl sites for hydroxylation is 1. The third kappa shape index (κ3) is 7.15. The van der Waals surface area contributed by atoms with E-state index in [1.807, 2.05) is 19.1 Å². The molecule has 4 rings (SSSR count). The van der Waals surface area contributed by atoms with E-state index >= 15 is 0 Å². The van der Waals surface area contributed by atoms with Crippen molar-refractivity contribution in [3.63, 3.8) is 0 Å². The lowest BCUT2D eigenvalue weighted by molar-refractivity contribution is -0.140.